The van der Waals surface area contributed by atoms with E-state index in [2.05, 4.69) is 23.3 Å². The highest BCUT2D eigenvalue weighted by atomic mass is 32.2. The molecule has 1 N–H and O–H groups in total. The van der Waals surface area contributed by atoms with E-state index in [4.69, 9.17) is 9.84 Å². The van der Waals surface area contributed by atoms with Crippen molar-refractivity contribution in [1.29, 1.82) is 0 Å². The van der Waals surface area contributed by atoms with Crippen LogP contribution >= 0.6 is 11.8 Å². The maximum atomic E-state index is 8.90. The number of β-amino-alcohol motifs (C(OH)–C–C–N with tert-alkyl or cyclic N) is 1. The number of hydrogen-bond acceptors (Lipinski definition) is 4. The van der Waals surface area contributed by atoms with Crippen LogP contribution in [0, 0.1) is 0 Å². The second-order valence-corrected chi connectivity index (χ2v) is 5.44. The molecule has 1 aromatic rings. The summed E-state index contributed by atoms with van der Waals surface area (Å²) in [6.07, 6.45) is 4.48. The third-order valence-electron chi connectivity index (χ3n) is 3.29. The number of aliphatic hydroxyl groups is 1. The summed E-state index contributed by atoms with van der Waals surface area (Å²) in [5.41, 5.74) is 0. The van der Waals surface area contributed by atoms with Crippen LogP contribution in [0.2, 0.25) is 0 Å². The van der Waals surface area contributed by atoms with Gasteiger partial charge >= 0.3 is 0 Å². The van der Waals surface area contributed by atoms with Crippen molar-refractivity contribution in [2.75, 3.05) is 32.5 Å². The highest BCUT2D eigenvalue weighted by molar-refractivity contribution is 7.98. The summed E-state index contributed by atoms with van der Waals surface area (Å²) in [5, 5.41) is 8.90. The van der Waals surface area contributed by atoms with Gasteiger partial charge in [0, 0.05) is 24.5 Å². The van der Waals surface area contributed by atoms with Gasteiger partial charge in [0.15, 0.2) is 0 Å². The second kappa shape index (κ2) is 7.02. The fraction of sp³-hybridized carbons (Fsp3) is 0.571. The fourth-order valence-electron chi connectivity index (χ4n) is 2.26. The average Bonchev–Trinajstić information content (AvgIpc) is 2.42. The molecule has 0 spiro atoms. The van der Waals surface area contributed by atoms with Gasteiger partial charge in [-0.05, 0) is 37.3 Å². The molecule has 1 aliphatic rings. The van der Waals surface area contributed by atoms with Crippen LogP contribution in [0.1, 0.15) is 12.8 Å². The van der Waals surface area contributed by atoms with Crippen molar-refractivity contribution < 1.29 is 9.84 Å². The summed E-state index contributed by atoms with van der Waals surface area (Å²) in [4.78, 5) is 3.53. The van der Waals surface area contributed by atoms with E-state index in [1.807, 2.05) is 12.1 Å². The first-order valence-corrected chi connectivity index (χ1v) is 7.68. The lowest BCUT2D eigenvalue weighted by atomic mass is 10.1. The molecule has 1 fully saturated rings. The number of aliphatic hydroxyl groups excluding tert-OH is 1. The topological polar surface area (TPSA) is 32.7 Å². The van der Waals surface area contributed by atoms with E-state index >= 15 is 0 Å². The maximum absolute atomic E-state index is 8.90. The van der Waals surface area contributed by atoms with E-state index in [0.29, 0.717) is 6.10 Å². The number of ether oxygens (including phenoxy) is 1. The average molecular weight is 267 g/mol. The van der Waals surface area contributed by atoms with E-state index in [-0.39, 0.29) is 6.61 Å². The standard InChI is InChI=1S/C14H21NO2S/c1-18-14-4-2-3-13(11-14)17-12-5-7-15(8-6-12)9-10-16/h2-4,11-12,16H,5-10H2,1H3. The van der Waals surface area contributed by atoms with Gasteiger partial charge in [-0.1, -0.05) is 6.07 Å². The van der Waals surface area contributed by atoms with Crippen molar-refractivity contribution in [3.63, 3.8) is 0 Å². The van der Waals surface area contributed by atoms with Gasteiger partial charge < -0.3 is 14.7 Å². The Labute approximate surface area is 113 Å². The number of likely N-dealkylation sites (tertiary alicyclic amines) is 1. The zero-order valence-corrected chi connectivity index (χ0v) is 11.7. The number of thioether (sulfide) groups is 1. The first-order valence-electron chi connectivity index (χ1n) is 6.45. The molecule has 0 radical (unpaired) electrons. The summed E-state index contributed by atoms with van der Waals surface area (Å²) >= 11 is 1.74. The molecule has 0 atom stereocenters. The van der Waals surface area contributed by atoms with Gasteiger partial charge in [-0.15, -0.1) is 11.8 Å². The molecule has 0 saturated carbocycles. The summed E-state index contributed by atoms with van der Waals surface area (Å²) < 4.78 is 6.02. The fourth-order valence-corrected chi connectivity index (χ4v) is 2.71. The molecule has 3 nitrogen and oxygen atoms in total. The van der Waals surface area contributed by atoms with Crippen LogP contribution in [0.5, 0.6) is 5.75 Å². The van der Waals surface area contributed by atoms with Gasteiger partial charge in [0.25, 0.3) is 0 Å². The predicted molar refractivity (Wildman–Crippen MR) is 75.4 cm³/mol. The van der Waals surface area contributed by atoms with Crippen LogP contribution in [-0.2, 0) is 0 Å². The molecule has 2 rings (SSSR count). The van der Waals surface area contributed by atoms with Crippen LogP contribution in [-0.4, -0.2) is 48.6 Å². The van der Waals surface area contributed by atoms with Gasteiger partial charge in [-0.25, -0.2) is 0 Å². The smallest absolute Gasteiger partial charge is 0.120 e. The first kappa shape index (κ1) is 13.7. The number of rotatable bonds is 5. The molecule has 100 valence electrons. The number of hydrogen-bond donors (Lipinski definition) is 1. The quantitative estimate of drug-likeness (QED) is 0.829. The van der Waals surface area contributed by atoms with Crippen LogP contribution in [0.3, 0.4) is 0 Å². The largest absolute Gasteiger partial charge is 0.490 e. The Balaban J connectivity index is 1.83. The van der Waals surface area contributed by atoms with Crippen molar-refractivity contribution in [2.24, 2.45) is 0 Å². The zero-order valence-electron chi connectivity index (χ0n) is 10.8. The molecule has 1 aromatic carbocycles. The highest BCUT2D eigenvalue weighted by Gasteiger charge is 2.19. The lowest BCUT2D eigenvalue weighted by Crippen LogP contribution is -2.39. The van der Waals surface area contributed by atoms with Gasteiger partial charge in [0.05, 0.1) is 6.61 Å². The Morgan fingerprint density at radius 3 is 2.83 bits per heavy atom. The minimum atomic E-state index is 0.251. The van der Waals surface area contributed by atoms with Gasteiger partial charge in [0.2, 0.25) is 0 Å². The second-order valence-electron chi connectivity index (χ2n) is 4.56. The molecular formula is C14H21NO2S. The molecular weight excluding hydrogens is 246 g/mol. The van der Waals surface area contributed by atoms with Crippen LogP contribution in [0.25, 0.3) is 0 Å². The van der Waals surface area contributed by atoms with Crippen LogP contribution in [0.15, 0.2) is 29.2 Å². The Bertz CT molecular complexity index is 365. The van der Waals surface area contributed by atoms with Gasteiger partial charge in [-0.2, -0.15) is 0 Å². The predicted octanol–water partition coefficient (Wildman–Crippen LogP) is 2.24. The molecule has 0 bridgehead atoms. The minimum Gasteiger partial charge on any atom is -0.490 e. The van der Waals surface area contributed by atoms with Crippen molar-refractivity contribution >= 4 is 11.8 Å². The highest BCUT2D eigenvalue weighted by Crippen LogP contribution is 2.23. The minimum absolute atomic E-state index is 0.251. The van der Waals surface area contributed by atoms with E-state index in [9.17, 15) is 0 Å². The third-order valence-corrected chi connectivity index (χ3v) is 4.02. The van der Waals surface area contributed by atoms with Crippen molar-refractivity contribution in [1.82, 2.24) is 4.90 Å². The molecule has 0 amide bonds. The molecule has 1 saturated heterocycles. The van der Waals surface area contributed by atoms with Gasteiger partial charge in [0.1, 0.15) is 11.9 Å². The molecule has 0 aliphatic carbocycles. The van der Waals surface area contributed by atoms with E-state index in [1.54, 1.807) is 11.8 Å². The molecule has 1 heterocycles. The lowest BCUT2D eigenvalue weighted by Gasteiger charge is -2.31. The van der Waals surface area contributed by atoms with Crippen molar-refractivity contribution in [3.8, 4) is 5.75 Å². The number of nitrogens with zero attached hydrogens (tertiary/aromatic N) is 1. The molecule has 0 unspecified atom stereocenters. The van der Waals surface area contributed by atoms with Crippen molar-refractivity contribution in [2.45, 2.75) is 23.8 Å². The number of piperidine rings is 1. The van der Waals surface area contributed by atoms with E-state index in [0.717, 1.165) is 38.2 Å². The Hall–Kier alpha value is -0.710. The summed E-state index contributed by atoms with van der Waals surface area (Å²) in [6, 6.07) is 8.27. The van der Waals surface area contributed by atoms with Gasteiger partial charge in [-0.3, -0.25) is 0 Å². The van der Waals surface area contributed by atoms with E-state index < -0.39 is 0 Å². The zero-order chi connectivity index (χ0) is 12.8. The molecule has 1 aliphatic heterocycles. The molecule has 0 aromatic heterocycles. The van der Waals surface area contributed by atoms with Crippen LogP contribution < -0.4 is 4.74 Å². The Morgan fingerprint density at radius 1 is 1.39 bits per heavy atom. The normalized spacial score (nSPS) is 17.9. The molecule has 18 heavy (non-hydrogen) atoms. The lowest BCUT2D eigenvalue weighted by molar-refractivity contribution is 0.0887. The Morgan fingerprint density at radius 2 is 2.17 bits per heavy atom. The van der Waals surface area contributed by atoms with E-state index in [1.165, 1.54) is 4.90 Å². The number of benzene rings is 1. The monoisotopic (exact) mass is 267 g/mol. The Kier molecular flexibility index (Phi) is 5.35. The maximum Gasteiger partial charge on any atom is 0.120 e. The summed E-state index contributed by atoms with van der Waals surface area (Å²) in [6.45, 7) is 3.08. The van der Waals surface area contributed by atoms with Crippen molar-refractivity contribution in [3.05, 3.63) is 24.3 Å². The molecule has 4 heteroatoms. The van der Waals surface area contributed by atoms with Crippen LogP contribution in [0.4, 0.5) is 0 Å². The summed E-state index contributed by atoms with van der Waals surface area (Å²) in [5.74, 6) is 0.974. The summed E-state index contributed by atoms with van der Waals surface area (Å²) in [7, 11) is 0. The third kappa shape index (κ3) is 3.90. The SMILES string of the molecule is CSc1cccc(OC2CCN(CCO)CC2)c1. The first-order chi connectivity index (χ1) is 8.81.